The number of benzene rings is 2. The highest BCUT2D eigenvalue weighted by atomic mass is 16.5. The number of anilines is 2. The lowest BCUT2D eigenvalue weighted by Gasteiger charge is -2.23. The van der Waals surface area contributed by atoms with Gasteiger partial charge in [0, 0.05) is 31.6 Å². The molecule has 0 atom stereocenters. The number of amides is 2. The van der Waals surface area contributed by atoms with Gasteiger partial charge in [0.2, 0.25) is 11.8 Å². The molecule has 1 N–H and O–H groups in total. The van der Waals surface area contributed by atoms with Crippen molar-refractivity contribution in [3.05, 3.63) is 47.5 Å². The number of carbonyl (C=O) groups is 2. The summed E-state index contributed by atoms with van der Waals surface area (Å²) in [5, 5.41) is 2.90. The Labute approximate surface area is 160 Å². The van der Waals surface area contributed by atoms with Gasteiger partial charge in [-0.1, -0.05) is 17.7 Å². The van der Waals surface area contributed by atoms with E-state index in [4.69, 9.17) is 9.47 Å². The molecule has 0 heterocycles. The minimum atomic E-state index is -0.169. The van der Waals surface area contributed by atoms with Gasteiger partial charge in [0.25, 0.3) is 0 Å². The minimum absolute atomic E-state index is 0.152. The number of nitrogens with one attached hydrogen (secondary N) is 1. The van der Waals surface area contributed by atoms with E-state index in [1.54, 1.807) is 25.3 Å². The Bertz CT molecular complexity index is 833. The summed E-state index contributed by atoms with van der Waals surface area (Å²) < 4.78 is 10.6. The first-order chi connectivity index (χ1) is 12.8. The fourth-order valence-electron chi connectivity index (χ4n) is 2.84. The first kappa shape index (κ1) is 20.3. The van der Waals surface area contributed by atoms with Crippen molar-refractivity contribution in [1.29, 1.82) is 0 Å². The summed E-state index contributed by atoms with van der Waals surface area (Å²) in [5.74, 6) is 0.824. The summed E-state index contributed by atoms with van der Waals surface area (Å²) in [6, 6.07) is 11.1. The average molecular weight is 370 g/mol. The smallest absolute Gasteiger partial charge is 0.226 e. The summed E-state index contributed by atoms with van der Waals surface area (Å²) in [7, 11) is 3.10. The van der Waals surface area contributed by atoms with Crippen molar-refractivity contribution >= 4 is 23.2 Å². The molecule has 2 rings (SSSR count). The van der Waals surface area contributed by atoms with Gasteiger partial charge < -0.3 is 19.7 Å². The molecule has 0 saturated heterocycles. The van der Waals surface area contributed by atoms with Crippen molar-refractivity contribution in [2.75, 3.05) is 31.0 Å². The van der Waals surface area contributed by atoms with Crippen LogP contribution in [0.25, 0.3) is 0 Å². The second kappa shape index (κ2) is 9.07. The van der Waals surface area contributed by atoms with Crippen LogP contribution in [0.2, 0.25) is 0 Å². The highest BCUT2D eigenvalue weighted by Crippen LogP contribution is 2.32. The van der Waals surface area contributed by atoms with Crippen LogP contribution < -0.4 is 19.7 Å². The SMILES string of the molecule is COc1ccc(N(CCC(=O)Nc2ccc(C)cc2C)C(C)=O)c(OC)c1. The third kappa shape index (κ3) is 5.23. The number of carbonyl (C=O) groups excluding carboxylic acids is 2. The molecule has 6 heteroatoms. The molecule has 0 saturated carbocycles. The summed E-state index contributed by atoms with van der Waals surface area (Å²) in [5.41, 5.74) is 3.52. The molecule has 2 aromatic carbocycles. The van der Waals surface area contributed by atoms with Gasteiger partial charge >= 0.3 is 0 Å². The fourth-order valence-corrected chi connectivity index (χ4v) is 2.84. The van der Waals surface area contributed by atoms with Crippen LogP contribution in [-0.2, 0) is 9.59 Å². The van der Waals surface area contributed by atoms with E-state index in [-0.39, 0.29) is 24.8 Å². The van der Waals surface area contributed by atoms with Gasteiger partial charge in [-0.3, -0.25) is 9.59 Å². The maximum absolute atomic E-state index is 12.4. The summed E-state index contributed by atoms with van der Waals surface area (Å²) in [6.07, 6.45) is 0.169. The van der Waals surface area contributed by atoms with Gasteiger partial charge in [-0.2, -0.15) is 0 Å². The molecule has 144 valence electrons. The van der Waals surface area contributed by atoms with E-state index in [9.17, 15) is 9.59 Å². The van der Waals surface area contributed by atoms with Crippen molar-refractivity contribution in [2.24, 2.45) is 0 Å². The topological polar surface area (TPSA) is 67.9 Å². The predicted molar refractivity (Wildman–Crippen MR) is 107 cm³/mol. The Morgan fingerprint density at radius 3 is 2.37 bits per heavy atom. The standard InChI is InChI=1S/C21H26N2O4/c1-14-6-8-18(15(2)12-14)22-21(25)10-11-23(16(3)24)19-9-7-17(26-4)13-20(19)27-5/h6-9,12-13H,10-11H2,1-5H3,(H,22,25). The van der Waals surface area contributed by atoms with E-state index in [0.29, 0.717) is 17.2 Å². The lowest BCUT2D eigenvalue weighted by Crippen LogP contribution is -2.32. The van der Waals surface area contributed by atoms with Crippen LogP contribution in [-0.4, -0.2) is 32.6 Å². The largest absolute Gasteiger partial charge is 0.497 e. The quantitative estimate of drug-likeness (QED) is 0.807. The van der Waals surface area contributed by atoms with E-state index in [0.717, 1.165) is 16.8 Å². The molecule has 2 aromatic rings. The van der Waals surface area contributed by atoms with Crippen molar-refractivity contribution in [1.82, 2.24) is 0 Å². The number of nitrogens with zero attached hydrogens (tertiary/aromatic N) is 1. The summed E-state index contributed by atoms with van der Waals surface area (Å²) in [4.78, 5) is 26.0. The monoisotopic (exact) mass is 370 g/mol. The zero-order valence-corrected chi connectivity index (χ0v) is 16.5. The van der Waals surface area contributed by atoms with Crippen LogP contribution >= 0.6 is 0 Å². The number of rotatable bonds is 7. The van der Waals surface area contributed by atoms with Gasteiger partial charge in [0.1, 0.15) is 11.5 Å². The van der Waals surface area contributed by atoms with Crippen LogP contribution in [0, 0.1) is 13.8 Å². The molecule has 2 amide bonds. The highest BCUT2D eigenvalue weighted by molar-refractivity contribution is 5.96. The molecule has 0 fully saturated rings. The maximum atomic E-state index is 12.4. The number of methoxy groups -OCH3 is 2. The first-order valence-corrected chi connectivity index (χ1v) is 8.73. The molecule has 0 radical (unpaired) electrons. The second-order valence-electron chi connectivity index (χ2n) is 6.32. The van der Waals surface area contributed by atoms with E-state index < -0.39 is 0 Å². The molecule has 0 unspecified atom stereocenters. The van der Waals surface area contributed by atoms with Crippen molar-refractivity contribution in [2.45, 2.75) is 27.2 Å². The molecular formula is C21H26N2O4. The summed E-state index contributed by atoms with van der Waals surface area (Å²) >= 11 is 0. The molecule has 0 bridgehead atoms. The van der Waals surface area contributed by atoms with Gasteiger partial charge in [-0.05, 0) is 37.6 Å². The van der Waals surface area contributed by atoms with Crippen LogP contribution in [0.4, 0.5) is 11.4 Å². The van der Waals surface area contributed by atoms with Gasteiger partial charge in [0.15, 0.2) is 0 Å². The van der Waals surface area contributed by atoms with E-state index in [1.165, 1.54) is 18.9 Å². The van der Waals surface area contributed by atoms with Crippen LogP contribution in [0.5, 0.6) is 11.5 Å². The van der Waals surface area contributed by atoms with E-state index in [1.807, 2.05) is 32.0 Å². The number of aryl methyl sites for hydroxylation is 2. The Morgan fingerprint density at radius 1 is 1.04 bits per heavy atom. The normalized spacial score (nSPS) is 10.3. The highest BCUT2D eigenvalue weighted by Gasteiger charge is 2.18. The first-order valence-electron chi connectivity index (χ1n) is 8.73. The third-order valence-corrected chi connectivity index (χ3v) is 4.28. The Kier molecular flexibility index (Phi) is 6.82. The zero-order valence-electron chi connectivity index (χ0n) is 16.5. The second-order valence-corrected chi connectivity index (χ2v) is 6.32. The Balaban J connectivity index is 2.10. The molecule has 0 aliphatic rings. The third-order valence-electron chi connectivity index (χ3n) is 4.28. The van der Waals surface area contributed by atoms with Gasteiger partial charge in [-0.15, -0.1) is 0 Å². The maximum Gasteiger partial charge on any atom is 0.226 e. The predicted octanol–water partition coefficient (Wildman–Crippen LogP) is 3.70. The summed E-state index contributed by atoms with van der Waals surface area (Å²) in [6.45, 7) is 5.67. The molecule has 27 heavy (non-hydrogen) atoms. The molecule has 0 aliphatic heterocycles. The molecular weight excluding hydrogens is 344 g/mol. The lowest BCUT2D eigenvalue weighted by molar-refractivity contribution is -0.117. The zero-order chi connectivity index (χ0) is 20.0. The number of ether oxygens (including phenoxy) is 2. The van der Waals surface area contributed by atoms with Gasteiger partial charge in [-0.25, -0.2) is 0 Å². The molecule has 6 nitrogen and oxygen atoms in total. The van der Waals surface area contributed by atoms with Gasteiger partial charge in [0.05, 0.1) is 19.9 Å². The lowest BCUT2D eigenvalue weighted by atomic mass is 10.1. The fraction of sp³-hybridized carbons (Fsp3) is 0.333. The van der Waals surface area contributed by atoms with Crippen LogP contribution in [0.15, 0.2) is 36.4 Å². The molecule has 0 aromatic heterocycles. The van der Waals surface area contributed by atoms with Crippen molar-refractivity contribution in [3.63, 3.8) is 0 Å². The number of hydrogen-bond acceptors (Lipinski definition) is 4. The average Bonchev–Trinajstić information content (AvgIpc) is 2.64. The van der Waals surface area contributed by atoms with Crippen molar-refractivity contribution in [3.8, 4) is 11.5 Å². The van der Waals surface area contributed by atoms with Crippen molar-refractivity contribution < 1.29 is 19.1 Å². The van der Waals surface area contributed by atoms with Crippen LogP contribution in [0.1, 0.15) is 24.5 Å². The molecule has 0 aliphatic carbocycles. The van der Waals surface area contributed by atoms with Crippen LogP contribution in [0.3, 0.4) is 0 Å². The molecule has 0 spiro atoms. The van der Waals surface area contributed by atoms with E-state index >= 15 is 0 Å². The Morgan fingerprint density at radius 2 is 1.78 bits per heavy atom. The number of hydrogen-bond donors (Lipinski definition) is 1. The minimum Gasteiger partial charge on any atom is -0.497 e. The Hall–Kier alpha value is -3.02. The van der Waals surface area contributed by atoms with E-state index in [2.05, 4.69) is 5.32 Å².